The molecule has 20 heavy (non-hydrogen) atoms. The van der Waals surface area contributed by atoms with E-state index < -0.39 is 35.5 Å². The summed E-state index contributed by atoms with van der Waals surface area (Å²) in [6.45, 7) is 0. The van der Waals surface area contributed by atoms with Gasteiger partial charge in [-0.1, -0.05) is 6.07 Å². The van der Waals surface area contributed by atoms with Gasteiger partial charge in [0.1, 0.15) is 11.6 Å². The molecule has 0 bridgehead atoms. The molecule has 3 nitrogen and oxygen atoms in total. The molecule has 0 heterocycles. The van der Waals surface area contributed by atoms with Gasteiger partial charge in [0.15, 0.2) is 11.6 Å². The van der Waals surface area contributed by atoms with Crippen LogP contribution in [0.4, 0.5) is 18.9 Å². The van der Waals surface area contributed by atoms with Crippen LogP contribution in [0.5, 0.6) is 5.75 Å². The number of carbonyl (C=O) groups excluding carboxylic acids is 1. The predicted octanol–water partition coefficient (Wildman–Crippen LogP) is 2.99. The Morgan fingerprint density at radius 2 is 1.70 bits per heavy atom. The van der Waals surface area contributed by atoms with Gasteiger partial charge in [-0.3, -0.25) is 4.79 Å². The molecule has 0 unspecified atom stereocenters. The summed E-state index contributed by atoms with van der Waals surface area (Å²) in [5, 5.41) is 11.3. The Bertz CT molecular complexity index is 639. The quantitative estimate of drug-likeness (QED) is 0.850. The standard InChI is InChI=1S/C14H10F3NO2/c15-10-2-1-3-11(16)9(10)7-14(20)18-8-4-5-13(19)12(17)6-8/h1-6,19H,7H2,(H,18,20). The van der Waals surface area contributed by atoms with Crippen molar-refractivity contribution in [3.8, 4) is 5.75 Å². The van der Waals surface area contributed by atoms with Crippen molar-refractivity contribution < 1.29 is 23.1 Å². The molecular weight excluding hydrogens is 271 g/mol. The molecule has 6 heteroatoms. The lowest BCUT2D eigenvalue weighted by molar-refractivity contribution is -0.115. The van der Waals surface area contributed by atoms with Crippen LogP contribution < -0.4 is 5.32 Å². The first kappa shape index (κ1) is 13.9. The molecule has 0 fully saturated rings. The fraction of sp³-hybridized carbons (Fsp3) is 0.0714. The minimum atomic E-state index is -0.903. The summed E-state index contributed by atoms with van der Waals surface area (Å²) in [5.41, 5.74) is -0.272. The van der Waals surface area contributed by atoms with Crippen LogP contribution in [0.25, 0.3) is 0 Å². The van der Waals surface area contributed by atoms with Crippen molar-refractivity contribution in [1.29, 1.82) is 0 Å². The minimum Gasteiger partial charge on any atom is -0.505 e. The highest BCUT2D eigenvalue weighted by molar-refractivity contribution is 5.92. The molecule has 0 aliphatic rings. The van der Waals surface area contributed by atoms with Crippen molar-refractivity contribution in [3.05, 3.63) is 59.4 Å². The second kappa shape index (κ2) is 5.64. The topological polar surface area (TPSA) is 49.3 Å². The lowest BCUT2D eigenvalue weighted by atomic mass is 10.1. The number of halogens is 3. The first-order chi connectivity index (χ1) is 9.47. The third-order valence-electron chi connectivity index (χ3n) is 2.63. The lowest BCUT2D eigenvalue weighted by Gasteiger charge is -2.07. The van der Waals surface area contributed by atoms with Gasteiger partial charge in [0.2, 0.25) is 5.91 Å². The normalized spacial score (nSPS) is 10.3. The van der Waals surface area contributed by atoms with Crippen LogP contribution in [0.15, 0.2) is 36.4 Å². The summed E-state index contributed by atoms with van der Waals surface area (Å²) in [6.07, 6.45) is -0.513. The second-order valence-electron chi connectivity index (χ2n) is 4.09. The van der Waals surface area contributed by atoms with Crippen LogP contribution in [0, 0.1) is 17.5 Å². The average Bonchev–Trinajstić information content (AvgIpc) is 2.38. The zero-order valence-corrected chi connectivity index (χ0v) is 10.2. The van der Waals surface area contributed by atoms with E-state index in [0.717, 1.165) is 24.3 Å². The van der Waals surface area contributed by atoms with Crippen LogP contribution in [0.1, 0.15) is 5.56 Å². The van der Waals surface area contributed by atoms with Crippen molar-refractivity contribution in [1.82, 2.24) is 0 Å². The molecule has 0 spiro atoms. The number of hydrogen-bond acceptors (Lipinski definition) is 2. The third kappa shape index (κ3) is 3.09. The summed E-state index contributed by atoms with van der Waals surface area (Å²) in [7, 11) is 0. The van der Waals surface area contributed by atoms with Gasteiger partial charge in [-0.25, -0.2) is 13.2 Å². The molecule has 2 N–H and O–H groups in total. The summed E-state index contributed by atoms with van der Waals surface area (Å²) in [5.74, 6) is -3.80. The minimum absolute atomic E-state index is 0.0852. The zero-order chi connectivity index (χ0) is 14.7. The number of rotatable bonds is 3. The van der Waals surface area contributed by atoms with Crippen LogP contribution in [-0.4, -0.2) is 11.0 Å². The lowest BCUT2D eigenvalue weighted by Crippen LogP contribution is -2.16. The number of phenolic OH excluding ortho intramolecular Hbond substituents is 1. The number of benzene rings is 2. The van der Waals surface area contributed by atoms with Gasteiger partial charge in [-0.2, -0.15) is 0 Å². The van der Waals surface area contributed by atoms with Gasteiger partial charge in [0.05, 0.1) is 6.42 Å². The number of aromatic hydroxyl groups is 1. The first-order valence-corrected chi connectivity index (χ1v) is 5.68. The molecule has 0 aliphatic heterocycles. The van der Waals surface area contributed by atoms with Crippen molar-refractivity contribution in [2.45, 2.75) is 6.42 Å². The molecule has 0 saturated carbocycles. The van der Waals surface area contributed by atoms with Crippen LogP contribution >= 0.6 is 0 Å². The fourth-order valence-corrected chi connectivity index (χ4v) is 1.65. The molecule has 0 radical (unpaired) electrons. The Morgan fingerprint density at radius 3 is 2.30 bits per heavy atom. The average molecular weight is 281 g/mol. The van der Waals surface area contributed by atoms with E-state index in [9.17, 15) is 18.0 Å². The van der Waals surface area contributed by atoms with Gasteiger partial charge < -0.3 is 10.4 Å². The highest BCUT2D eigenvalue weighted by atomic mass is 19.1. The summed E-state index contributed by atoms with van der Waals surface area (Å²) in [6, 6.07) is 6.53. The summed E-state index contributed by atoms with van der Waals surface area (Å²) < 4.78 is 39.8. The predicted molar refractivity (Wildman–Crippen MR) is 66.8 cm³/mol. The Labute approximate surface area is 112 Å². The number of carbonyl (C=O) groups is 1. The number of hydrogen-bond donors (Lipinski definition) is 2. The SMILES string of the molecule is O=C(Cc1c(F)cccc1F)Nc1ccc(O)c(F)c1. The van der Waals surface area contributed by atoms with Gasteiger partial charge in [-0.05, 0) is 24.3 Å². The van der Waals surface area contributed by atoms with E-state index in [-0.39, 0.29) is 11.3 Å². The molecule has 2 rings (SSSR count). The Morgan fingerprint density at radius 1 is 1.05 bits per heavy atom. The van der Waals surface area contributed by atoms with Crippen molar-refractivity contribution >= 4 is 11.6 Å². The third-order valence-corrected chi connectivity index (χ3v) is 2.63. The first-order valence-electron chi connectivity index (χ1n) is 5.68. The highest BCUT2D eigenvalue weighted by Gasteiger charge is 2.13. The Kier molecular flexibility index (Phi) is 3.93. The molecule has 2 aromatic carbocycles. The van der Waals surface area contributed by atoms with Gasteiger partial charge in [0.25, 0.3) is 0 Å². The molecule has 2 aromatic rings. The van der Waals surface area contributed by atoms with Crippen molar-refractivity contribution in [3.63, 3.8) is 0 Å². The van der Waals surface area contributed by atoms with E-state index in [1.54, 1.807) is 0 Å². The van der Waals surface area contributed by atoms with Crippen LogP contribution in [-0.2, 0) is 11.2 Å². The van der Waals surface area contributed by atoms with E-state index in [4.69, 9.17) is 5.11 Å². The van der Waals surface area contributed by atoms with Gasteiger partial charge >= 0.3 is 0 Å². The van der Waals surface area contributed by atoms with Gasteiger partial charge in [-0.15, -0.1) is 0 Å². The molecular formula is C14H10F3NO2. The zero-order valence-electron chi connectivity index (χ0n) is 10.2. The number of amides is 1. The van der Waals surface area contributed by atoms with Crippen LogP contribution in [0.3, 0.4) is 0 Å². The molecule has 0 aliphatic carbocycles. The van der Waals surface area contributed by atoms with E-state index in [2.05, 4.69) is 5.32 Å². The molecule has 0 aromatic heterocycles. The largest absolute Gasteiger partial charge is 0.505 e. The second-order valence-corrected chi connectivity index (χ2v) is 4.09. The molecule has 104 valence electrons. The van der Waals surface area contributed by atoms with E-state index in [1.165, 1.54) is 12.1 Å². The maximum atomic E-state index is 13.4. The maximum absolute atomic E-state index is 13.4. The number of anilines is 1. The van der Waals surface area contributed by atoms with Gasteiger partial charge in [0, 0.05) is 17.3 Å². The Hall–Kier alpha value is -2.50. The van der Waals surface area contributed by atoms with Crippen LogP contribution in [0.2, 0.25) is 0 Å². The number of nitrogens with one attached hydrogen (secondary N) is 1. The van der Waals surface area contributed by atoms with E-state index >= 15 is 0 Å². The van der Waals surface area contributed by atoms with Crippen molar-refractivity contribution in [2.24, 2.45) is 0 Å². The Balaban J connectivity index is 2.11. The monoisotopic (exact) mass is 281 g/mol. The molecule has 0 atom stereocenters. The molecule has 1 amide bonds. The molecule has 0 saturated heterocycles. The summed E-state index contributed by atoms with van der Waals surface area (Å²) in [4.78, 5) is 11.7. The van der Waals surface area contributed by atoms with E-state index in [0.29, 0.717) is 0 Å². The van der Waals surface area contributed by atoms with Crippen molar-refractivity contribution in [2.75, 3.05) is 5.32 Å². The number of phenols is 1. The highest BCUT2D eigenvalue weighted by Crippen LogP contribution is 2.20. The van der Waals surface area contributed by atoms with E-state index in [1.807, 2.05) is 0 Å². The smallest absolute Gasteiger partial charge is 0.229 e. The fourth-order valence-electron chi connectivity index (χ4n) is 1.65. The maximum Gasteiger partial charge on any atom is 0.229 e. The summed E-state index contributed by atoms with van der Waals surface area (Å²) >= 11 is 0.